The summed E-state index contributed by atoms with van der Waals surface area (Å²) in [5, 5.41) is 0. The van der Waals surface area contributed by atoms with E-state index < -0.39 is 0 Å². The molecule has 0 aliphatic heterocycles. The largest absolute Gasteiger partial charge is 0.441 e. The Morgan fingerprint density at radius 3 is 2.00 bits per heavy atom. The van der Waals surface area contributed by atoms with Gasteiger partial charge in [0.05, 0.1) is 18.8 Å². The second-order valence-corrected chi connectivity index (χ2v) is 3.42. The molecule has 0 amide bonds. The van der Waals surface area contributed by atoms with Crippen molar-refractivity contribution in [1.29, 1.82) is 0 Å². The van der Waals surface area contributed by atoms with Gasteiger partial charge < -0.3 is 9.39 Å². The van der Waals surface area contributed by atoms with Gasteiger partial charge in [0.15, 0.2) is 0 Å². The minimum atomic E-state index is 0.236. The highest BCUT2D eigenvalue weighted by molar-refractivity contribution is 5.97. The molecule has 0 aromatic heterocycles. The molecule has 0 radical (unpaired) electrons. The molecule has 0 fully saturated rings. The van der Waals surface area contributed by atoms with Crippen molar-refractivity contribution in [3.05, 3.63) is 0 Å². The van der Waals surface area contributed by atoms with Gasteiger partial charge in [-0.3, -0.25) is 0 Å². The van der Waals surface area contributed by atoms with Crippen LogP contribution in [0.15, 0.2) is 0 Å². The van der Waals surface area contributed by atoms with E-state index in [2.05, 4.69) is 13.8 Å². The Bertz CT molecular complexity index is 94.1. The van der Waals surface area contributed by atoms with E-state index in [1.165, 1.54) is 0 Å². The number of hydrogen-bond donors (Lipinski definition) is 0. The van der Waals surface area contributed by atoms with Crippen LogP contribution in [0.2, 0.25) is 0 Å². The first-order valence-corrected chi connectivity index (χ1v) is 4.22. The smallest absolute Gasteiger partial charge is 0.257 e. The molecule has 0 saturated carbocycles. The average Bonchev–Trinajstić information content (AvgIpc) is 1.86. The summed E-state index contributed by atoms with van der Waals surface area (Å²) < 4.78 is 10.7. The van der Waals surface area contributed by atoms with Crippen LogP contribution in [0, 0.1) is 5.92 Å². The van der Waals surface area contributed by atoms with Gasteiger partial charge in [0.1, 0.15) is 0 Å². The van der Waals surface area contributed by atoms with Crippen LogP contribution in [0.4, 0.5) is 0 Å². The third-order valence-electron chi connectivity index (χ3n) is 1.52. The topological polar surface area (TPSA) is 18.5 Å². The first-order valence-electron chi connectivity index (χ1n) is 4.22. The van der Waals surface area contributed by atoms with Crippen molar-refractivity contribution in [3.63, 3.8) is 0 Å². The quantitative estimate of drug-likeness (QED) is 0.555. The van der Waals surface area contributed by atoms with E-state index in [1.807, 2.05) is 13.8 Å². The van der Waals surface area contributed by atoms with Gasteiger partial charge in [-0.1, -0.05) is 13.8 Å². The molecule has 0 aliphatic rings. The van der Waals surface area contributed by atoms with E-state index in [0.717, 1.165) is 0 Å². The van der Waals surface area contributed by atoms with Crippen molar-refractivity contribution in [2.45, 2.75) is 39.9 Å². The van der Waals surface area contributed by atoms with Crippen LogP contribution >= 0.6 is 0 Å². The van der Waals surface area contributed by atoms with E-state index >= 15 is 0 Å². The molecule has 0 spiro atoms. The molecule has 3 heteroatoms. The van der Waals surface area contributed by atoms with E-state index in [4.69, 9.17) is 9.39 Å². The molecule has 0 aromatic carbocycles. The second kappa shape index (κ2) is 5.61. The lowest BCUT2D eigenvalue weighted by Gasteiger charge is -2.23. The predicted octanol–water partition coefficient (Wildman–Crippen LogP) is 1.00. The summed E-state index contributed by atoms with van der Waals surface area (Å²) in [4.78, 5) is 0. The highest BCUT2D eigenvalue weighted by Crippen LogP contribution is 2.08. The van der Waals surface area contributed by atoms with Gasteiger partial charge in [-0.15, -0.1) is 0 Å². The highest BCUT2D eigenvalue weighted by Gasteiger charge is 2.14. The fourth-order valence-electron chi connectivity index (χ4n) is 0.903. The van der Waals surface area contributed by atoms with E-state index in [-0.39, 0.29) is 12.2 Å². The van der Waals surface area contributed by atoms with Gasteiger partial charge in [-0.05, 0) is 19.8 Å². The minimum absolute atomic E-state index is 0.236. The van der Waals surface area contributed by atoms with Crippen LogP contribution in [0.25, 0.3) is 0 Å². The van der Waals surface area contributed by atoms with Crippen molar-refractivity contribution in [1.82, 2.24) is 0 Å². The standard InChI is InChI=1S/C8H19BO2/c1-6(2)8(5-10-9)11-7(3)4/h6-8H,5,9H2,1-4H3. The Balaban J connectivity index is 3.69. The summed E-state index contributed by atoms with van der Waals surface area (Å²) in [6, 6.07) is 0. The maximum atomic E-state index is 5.63. The molecule has 0 N–H and O–H groups in total. The van der Waals surface area contributed by atoms with Crippen molar-refractivity contribution in [2.75, 3.05) is 6.61 Å². The normalized spacial score (nSPS) is 14.4. The fraction of sp³-hybridized carbons (Fsp3) is 1.00. The van der Waals surface area contributed by atoms with Gasteiger partial charge in [0, 0.05) is 0 Å². The summed E-state index contributed by atoms with van der Waals surface area (Å²) in [5.74, 6) is 0.525. The predicted molar refractivity (Wildman–Crippen MR) is 49.3 cm³/mol. The molecule has 1 atom stereocenters. The summed E-state index contributed by atoms with van der Waals surface area (Å²) in [7, 11) is 1.71. The Kier molecular flexibility index (Phi) is 5.60. The lowest BCUT2D eigenvalue weighted by atomic mass is 10.1. The monoisotopic (exact) mass is 158 g/mol. The highest BCUT2D eigenvalue weighted by atomic mass is 16.5. The molecule has 0 aliphatic carbocycles. The van der Waals surface area contributed by atoms with Gasteiger partial charge in [-0.25, -0.2) is 0 Å². The third-order valence-corrected chi connectivity index (χ3v) is 1.52. The van der Waals surface area contributed by atoms with Crippen molar-refractivity contribution >= 4 is 8.05 Å². The van der Waals surface area contributed by atoms with E-state index in [9.17, 15) is 0 Å². The number of hydrogen-bond acceptors (Lipinski definition) is 2. The van der Waals surface area contributed by atoms with E-state index in [1.54, 1.807) is 8.05 Å². The van der Waals surface area contributed by atoms with Crippen molar-refractivity contribution < 1.29 is 9.39 Å². The molecule has 1 unspecified atom stereocenters. The summed E-state index contributed by atoms with van der Waals surface area (Å²) in [6.45, 7) is 9.07. The molecule has 0 heterocycles. The molecule has 0 rings (SSSR count). The lowest BCUT2D eigenvalue weighted by molar-refractivity contribution is -0.0401. The SMILES string of the molecule is BOCC(OC(C)C)C(C)C. The zero-order valence-electron chi connectivity index (χ0n) is 8.26. The van der Waals surface area contributed by atoms with Gasteiger partial charge in [0.25, 0.3) is 8.05 Å². The van der Waals surface area contributed by atoms with Gasteiger partial charge >= 0.3 is 0 Å². The van der Waals surface area contributed by atoms with Crippen LogP contribution in [0.5, 0.6) is 0 Å². The summed E-state index contributed by atoms with van der Waals surface area (Å²) >= 11 is 0. The van der Waals surface area contributed by atoms with Crippen LogP contribution in [0.3, 0.4) is 0 Å². The number of rotatable bonds is 5. The molecular formula is C8H19BO2. The molecule has 0 aromatic rings. The van der Waals surface area contributed by atoms with Gasteiger partial charge in [0.2, 0.25) is 0 Å². The molecule has 0 bridgehead atoms. The zero-order chi connectivity index (χ0) is 8.85. The second-order valence-electron chi connectivity index (χ2n) is 3.42. The fourth-order valence-corrected chi connectivity index (χ4v) is 0.903. The van der Waals surface area contributed by atoms with Crippen molar-refractivity contribution in [2.24, 2.45) is 5.92 Å². The van der Waals surface area contributed by atoms with E-state index in [0.29, 0.717) is 12.5 Å². The summed E-state index contributed by atoms with van der Waals surface area (Å²) in [6.07, 6.45) is 0.526. The first kappa shape index (κ1) is 11.0. The Morgan fingerprint density at radius 1 is 1.18 bits per heavy atom. The Morgan fingerprint density at radius 2 is 1.73 bits per heavy atom. The van der Waals surface area contributed by atoms with Crippen LogP contribution < -0.4 is 0 Å². The van der Waals surface area contributed by atoms with Crippen LogP contribution in [-0.4, -0.2) is 26.9 Å². The summed E-state index contributed by atoms with van der Waals surface area (Å²) in [5.41, 5.74) is 0. The molecule has 11 heavy (non-hydrogen) atoms. The maximum absolute atomic E-state index is 5.63. The van der Waals surface area contributed by atoms with Crippen LogP contribution in [-0.2, 0) is 9.39 Å². The Hall–Kier alpha value is -0.0151. The number of ether oxygens (including phenoxy) is 1. The molecule has 2 nitrogen and oxygen atoms in total. The molecule has 0 saturated heterocycles. The Labute approximate surface area is 70.7 Å². The first-order chi connectivity index (χ1) is 5.07. The zero-order valence-corrected chi connectivity index (χ0v) is 8.26. The third kappa shape index (κ3) is 5.28. The molecule has 66 valence electrons. The van der Waals surface area contributed by atoms with Gasteiger partial charge in [-0.2, -0.15) is 0 Å². The van der Waals surface area contributed by atoms with Crippen molar-refractivity contribution in [3.8, 4) is 0 Å². The lowest BCUT2D eigenvalue weighted by Crippen LogP contribution is -2.28. The van der Waals surface area contributed by atoms with Crippen LogP contribution in [0.1, 0.15) is 27.7 Å². The minimum Gasteiger partial charge on any atom is -0.441 e. The molecular weight excluding hydrogens is 139 g/mol. The maximum Gasteiger partial charge on any atom is 0.257 e. The average molecular weight is 158 g/mol.